The Morgan fingerprint density at radius 3 is 2.48 bits per heavy atom. The van der Waals surface area contributed by atoms with Gasteiger partial charge in [-0.2, -0.15) is 0 Å². The molecule has 1 unspecified atom stereocenters. The summed E-state index contributed by atoms with van der Waals surface area (Å²) >= 11 is 0. The predicted octanol–water partition coefficient (Wildman–Crippen LogP) is 5.73. The van der Waals surface area contributed by atoms with E-state index in [9.17, 15) is 4.57 Å². The smallest absolute Gasteiger partial charge is 0.207 e. The lowest BCUT2D eigenvalue weighted by Crippen LogP contribution is -1.98. The lowest BCUT2D eigenvalue weighted by molar-refractivity contribution is 0.333. The maximum Gasteiger partial charge on any atom is 0.207 e. The van der Waals surface area contributed by atoms with E-state index < -0.39 is 7.37 Å². The predicted molar refractivity (Wildman–Crippen MR) is 117 cm³/mol. The van der Waals surface area contributed by atoms with Crippen LogP contribution in [-0.2, 0) is 15.3 Å². The minimum absolute atomic E-state index is 0.447. The van der Waals surface area contributed by atoms with Gasteiger partial charge in [-0.1, -0.05) is 31.2 Å². The van der Waals surface area contributed by atoms with Crippen LogP contribution in [0, 0.1) is 0 Å². The molecule has 0 saturated carbocycles. The van der Waals surface area contributed by atoms with Crippen LogP contribution in [0.3, 0.4) is 0 Å². The van der Waals surface area contributed by atoms with E-state index in [1.807, 2.05) is 68.4 Å². The molecule has 0 saturated heterocycles. The zero-order chi connectivity index (χ0) is 20.7. The van der Waals surface area contributed by atoms with Crippen molar-refractivity contribution in [1.82, 2.24) is 9.97 Å². The van der Waals surface area contributed by atoms with E-state index in [0.717, 1.165) is 28.3 Å². The van der Waals surface area contributed by atoms with Gasteiger partial charge in [-0.05, 0) is 36.8 Å². The van der Waals surface area contributed by atoms with Crippen LogP contribution in [0.4, 0.5) is 11.5 Å². The summed E-state index contributed by atoms with van der Waals surface area (Å²) in [6, 6.07) is 17.4. The average Bonchev–Trinajstić information content (AvgIpc) is 2.75. The highest BCUT2D eigenvalue weighted by Gasteiger charge is 2.20. The molecule has 0 fully saturated rings. The highest BCUT2D eigenvalue weighted by Crippen LogP contribution is 2.49. The Morgan fingerprint density at radius 2 is 1.79 bits per heavy atom. The van der Waals surface area contributed by atoms with Crippen LogP contribution >= 0.6 is 7.37 Å². The van der Waals surface area contributed by atoms with Crippen molar-refractivity contribution in [3.05, 3.63) is 66.5 Å². The van der Waals surface area contributed by atoms with Gasteiger partial charge < -0.3 is 14.6 Å². The van der Waals surface area contributed by atoms with Crippen molar-refractivity contribution in [1.29, 1.82) is 0 Å². The zero-order valence-corrected chi connectivity index (χ0v) is 17.9. The topological polar surface area (TPSA) is 73.3 Å². The molecule has 0 aliphatic carbocycles. The third-order valence-corrected chi connectivity index (χ3v) is 7.09. The van der Waals surface area contributed by atoms with E-state index in [-0.39, 0.29) is 0 Å². The van der Waals surface area contributed by atoms with E-state index in [1.54, 1.807) is 7.11 Å². The summed E-state index contributed by atoms with van der Waals surface area (Å²) in [5.41, 5.74) is 3.56. The first-order valence-electron chi connectivity index (χ1n) is 9.61. The summed E-state index contributed by atoms with van der Waals surface area (Å²) in [6.45, 7) is 4.24. The number of para-hydroxylation sites is 1. The number of nitrogens with one attached hydrogen (secondary N) is 1. The molecule has 0 radical (unpaired) electrons. The first-order chi connectivity index (χ1) is 14.1. The summed E-state index contributed by atoms with van der Waals surface area (Å²) in [5, 5.41) is 3.29. The molecule has 1 aromatic heterocycles. The Morgan fingerprint density at radius 1 is 1.03 bits per heavy atom. The minimum atomic E-state index is -2.61. The number of anilines is 2. The van der Waals surface area contributed by atoms with Crippen LogP contribution in [0.1, 0.15) is 19.4 Å². The fourth-order valence-electron chi connectivity index (χ4n) is 3.03. The monoisotopic (exact) mass is 411 g/mol. The summed E-state index contributed by atoms with van der Waals surface area (Å²) in [6.07, 6.45) is 2.51. The fraction of sp³-hybridized carbons (Fsp3) is 0.273. The second-order valence-corrected chi connectivity index (χ2v) is 9.35. The molecule has 0 aliphatic heterocycles. The van der Waals surface area contributed by atoms with Crippen LogP contribution in [0.25, 0.3) is 11.3 Å². The summed E-state index contributed by atoms with van der Waals surface area (Å²) in [4.78, 5) is 8.67. The van der Waals surface area contributed by atoms with Crippen molar-refractivity contribution in [3.63, 3.8) is 0 Å². The number of methoxy groups -OCH3 is 1. The molecular formula is C22H26N3O3P. The SMILES string of the molecule is CCOP(=O)(CC)Cc1ccc(Nc2cc(-c3ccccc3OC)ncn2)cc1. The standard InChI is InChI=1S/C22H26N3O3P/c1-4-28-29(26,5-2)15-17-10-12-18(13-11-17)25-22-14-20(23-16-24-22)19-8-6-7-9-21(19)27-3/h6-14,16H,4-5,15H2,1-3H3,(H,23,24,25). The van der Waals surface area contributed by atoms with Gasteiger partial charge in [-0.3, -0.25) is 4.57 Å². The average molecular weight is 411 g/mol. The fourth-order valence-corrected chi connectivity index (χ4v) is 4.77. The molecule has 3 aromatic rings. The summed E-state index contributed by atoms with van der Waals surface area (Å²) < 4.78 is 23.6. The Balaban J connectivity index is 1.75. The van der Waals surface area contributed by atoms with Crippen LogP contribution in [-0.4, -0.2) is 29.8 Å². The number of nitrogens with zero attached hydrogens (tertiary/aromatic N) is 2. The van der Waals surface area contributed by atoms with E-state index in [1.165, 1.54) is 6.33 Å². The van der Waals surface area contributed by atoms with E-state index in [2.05, 4.69) is 15.3 Å². The molecule has 2 aromatic carbocycles. The van der Waals surface area contributed by atoms with Crippen molar-refractivity contribution in [2.75, 3.05) is 25.2 Å². The van der Waals surface area contributed by atoms with Gasteiger partial charge in [0.05, 0.1) is 19.4 Å². The Bertz CT molecular complexity index is 993. The Hall–Kier alpha value is -2.69. The van der Waals surface area contributed by atoms with E-state index >= 15 is 0 Å². The molecule has 1 heterocycles. The summed E-state index contributed by atoms with van der Waals surface area (Å²) in [7, 11) is -0.963. The van der Waals surface area contributed by atoms with E-state index in [0.29, 0.717) is 24.7 Å². The molecule has 3 rings (SSSR count). The molecule has 1 N–H and O–H groups in total. The molecule has 1 atom stereocenters. The van der Waals surface area contributed by atoms with Crippen molar-refractivity contribution in [2.45, 2.75) is 20.0 Å². The molecule has 7 heteroatoms. The lowest BCUT2D eigenvalue weighted by Gasteiger charge is -2.16. The normalized spacial score (nSPS) is 12.9. The zero-order valence-electron chi connectivity index (χ0n) is 17.0. The molecule has 0 spiro atoms. The van der Waals surface area contributed by atoms with Crippen molar-refractivity contribution in [2.24, 2.45) is 0 Å². The second kappa shape index (κ2) is 9.68. The maximum absolute atomic E-state index is 12.7. The first kappa shape index (κ1) is 21.0. The Kier molecular flexibility index (Phi) is 7.02. The third-order valence-electron chi connectivity index (χ3n) is 4.55. The number of ether oxygens (including phenoxy) is 1. The minimum Gasteiger partial charge on any atom is -0.496 e. The van der Waals surface area contributed by atoms with Gasteiger partial charge in [0.15, 0.2) is 0 Å². The van der Waals surface area contributed by atoms with Gasteiger partial charge >= 0.3 is 0 Å². The Labute approximate surface area is 171 Å². The number of rotatable bonds is 9. The highest BCUT2D eigenvalue weighted by atomic mass is 31.2. The molecule has 152 valence electrons. The molecule has 6 nitrogen and oxygen atoms in total. The van der Waals surface area contributed by atoms with Crippen molar-refractivity contribution < 1.29 is 13.8 Å². The van der Waals surface area contributed by atoms with Gasteiger partial charge in [0.1, 0.15) is 17.9 Å². The number of hydrogen-bond acceptors (Lipinski definition) is 6. The van der Waals surface area contributed by atoms with Gasteiger partial charge in [0.2, 0.25) is 7.37 Å². The quantitative estimate of drug-likeness (QED) is 0.453. The molecule has 0 bridgehead atoms. The van der Waals surface area contributed by atoms with Crippen LogP contribution in [0.2, 0.25) is 0 Å². The maximum atomic E-state index is 12.7. The molecule has 0 aliphatic rings. The molecule has 29 heavy (non-hydrogen) atoms. The first-order valence-corrected chi connectivity index (χ1v) is 11.6. The number of aromatic nitrogens is 2. The van der Waals surface area contributed by atoms with Crippen LogP contribution < -0.4 is 10.1 Å². The molecular weight excluding hydrogens is 385 g/mol. The molecule has 0 amide bonds. The summed E-state index contributed by atoms with van der Waals surface area (Å²) in [5.74, 6) is 1.44. The van der Waals surface area contributed by atoms with Gasteiger partial charge in [0.25, 0.3) is 0 Å². The van der Waals surface area contributed by atoms with Crippen LogP contribution in [0.15, 0.2) is 60.9 Å². The van der Waals surface area contributed by atoms with Gasteiger partial charge in [-0.25, -0.2) is 9.97 Å². The third kappa shape index (κ3) is 5.43. The van der Waals surface area contributed by atoms with Crippen LogP contribution in [0.5, 0.6) is 5.75 Å². The number of benzene rings is 2. The highest BCUT2D eigenvalue weighted by molar-refractivity contribution is 7.58. The van der Waals surface area contributed by atoms with Gasteiger partial charge in [0, 0.05) is 29.6 Å². The van der Waals surface area contributed by atoms with Crippen molar-refractivity contribution in [3.8, 4) is 17.0 Å². The lowest BCUT2D eigenvalue weighted by atomic mass is 10.1. The number of hydrogen-bond donors (Lipinski definition) is 1. The van der Waals surface area contributed by atoms with Gasteiger partial charge in [-0.15, -0.1) is 0 Å². The van der Waals surface area contributed by atoms with E-state index in [4.69, 9.17) is 9.26 Å². The largest absolute Gasteiger partial charge is 0.496 e. The van der Waals surface area contributed by atoms with Crippen molar-refractivity contribution >= 4 is 18.9 Å². The second-order valence-electron chi connectivity index (χ2n) is 6.52.